The van der Waals surface area contributed by atoms with Gasteiger partial charge < -0.3 is 5.11 Å². The van der Waals surface area contributed by atoms with Crippen molar-refractivity contribution in [1.29, 1.82) is 0 Å². The molecule has 2 rings (SSSR count). The second-order valence-corrected chi connectivity index (χ2v) is 3.62. The van der Waals surface area contributed by atoms with Crippen molar-refractivity contribution >= 4 is 0 Å². The molecule has 0 amide bonds. The monoisotopic (exact) mass is 141 g/mol. The molecule has 58 valence electrons. The zero-order valence-corrected chi connectivity index (χ0v) is 6.45. The van der Waals surface area contributed by atoms with Crippen molar-refractivity contribution in [2.75, 3.05) is 7.05 Å². The van der Waals surface area contributed by atoms with Crippen LogP contribution >= 0.6 is 0 Å². The van der Waals surface area contributed by atoms with Crippen molar-refractivity contribution in [3.05, 3.63) is 0 Å². The second kappa shape index (κ2) is 2.21. The van der Waals surface area contributed by atoms with Crippen molar-refractivity contribution in [2.45, 2.75) is 43.9 Å². The standard InChI is InChI=1S/C8H15NO/c1-9-6-3-2-4-7(9)8(10)5-6/h6-8,10H,2-5H2,1H3/t6-,7+,8-/m0/s1. The average Bonchev–Trinajstić information content (AvgIpc) is 2.16. The predicted octanol–water partition coefficient (Wildman–Crippen LogP) is 0.604. The summed E-state index contributed by atoms with van der Waals surface area (Å²) in [6.07, 6.45) is 4.80. The molecule has 2 nitrogen and oxygen atoms in total. The minimum absolute atomic E-state index is 0.0301. The lowest BCUT2D eigenvalue weighted by molar-refractivity contribution is 0.103. The molecule has 0 unspecified atom stereocenters. The average molecular weight is 141 g/mol. The van der Waals surface area contributed by atoms with Crippen LogP contribution in [0.25, 0.3) is 0 Å². The Bertz CT molecular complexity index is 137. The molecular weight excluding hydrogens is 126 g/mol. The lowest BCUT2D eigenvalue weighted by Gasteiger charge is -2.30. The first-order valence-corrected chi connectivity index (χ1v) is 4.19. The smallest absolute Gasteiger partial charge is 0.0710 e. The lowest BCUT2D eigenvalue weighted by Crippen LogP contribution is -2.38. The summed E-state index contributed by atoms with van der Waals surface area (Å²) in [5.74, 6) is 0. The Kier molecular flexibility index (Phi) is 1.46. The van der Waals surface area contributed by atoms with E-state index < -0.39 is 0 Å². The van der Waals surface area contributed by atoms with E-state index in [0.717, 1.165) is 6.42 Å². The number of hydrogen-bond acceptors (Lipinski definition) is 2. The number of nitrogens with zero attached hydrogens (tertiary/aromatic N) is 1. The van der Waals surface area contributed by atoms with E-state index in [1.807, 2.05) is 0 Å². The Morgan fingerprint density at radius 2 is 2.20 bits per heavy atom. The Morgan fingerprint density at radius 1 is 1.40 bits per heavy atom. The van der Waals surface area contributed by atoms with Gasteiger partial charge in [0, 0.05) is 12.1 Å². The Labute approximate surface area is 61.8 Å². The van der Waals surface area contributed by atoms with Crippen LogP contribution in [-0.4, -0.2) is 35.2 Å². The molecule has 0 radical (unpaired) electrons. The summed E-state index contributed by atoms with van der Waals surface area (Å²) in [5.41, 5.74) is 0. The van der Waals surface area contributed by atoms with Gasteiger partial charge in [-0.15, -0.1) is 0 Å². The van der Waals surface area contributed by atoms with E-state index in [9.17, 15) is 5.11 Å². The SMILES string of the molecule is CN1[C@H]2CCC[C@@H]1[C@@H](O)C2. The van der Waals surface area contributed by atoms with E-state index in [0.29, 0.717) is 12.1 Å². The van der Waals surface area contributed by atoms with E-state index in [-0.39, 0.29) is 6.10 Å². The minimum atomic E-state index is -0.0301. The summed E-state index contributed by atoms with van der Waals surface area (Å²) >= 11 is 0. The van der Waals surface area contributed by atoms with Crippen LogP contribution in [0.2, 0.25) is 0 Å². The van der Waals surface area contributed by atoms with Crippen LogP contribution < -0.4 is 0 Å². The molecule has 0 saturated carbocycles. The summed E-state index contributed by atoms with van der Waals surface area (Å²) in [6.45, 7) is 0. The Morgan fingerprint density at radius 3 is 2.80 bits per heavy atom. The molecule has 10 heavy (non-hydrogen) atoms. The third-order valence-electron chi connectivity index (χ3n) is 3.09. The largest absolute Gasteiger partial charge is 0.391 e. The maximum absolute atomic E-state index is 9.53. The fraction of sp³-hybridized carbons (Fsp3) is 1.00. The third kappa shape index (κ3) is 0.789. The highest BCUT2D eigenvalue weighted by atomic mass is 16.3. The van der Waals surface area contributed by atoms with Crippen molar-refractivity contribution in [1.82, 2.24) is 4.90 Å². The van der Waals surface area contributed by atoms with E-state index in [4.69, 9.17) is 0 Å². The molecule has 0 aliphatic carbocycles. The van der Waals surface area contributed by atoms with Crippen LogP contribution in [0.4, 0.5) is 0 Å². The molecule has 2 bridgehead atoms. The van der Waals surface area contributed by atoms with Crippen molar-refractivity contribution in [2.24, 2.45) is 0 Å². The van der Waals surface area contributed by atoms with Gasteiger partial charge in [-0.05, 0) is 26.3 Å². The van der Waals surface area contributed by atoms with Gasteiger partial charge >= 0.3 is 0 Å². The first kappa shape index (κ1) is 6.62. The highest BCUT2D eigenvalue weighted by Crippen LogP contribution is 2.33. The first-order chi connectivity index (χ1) is 4.79. The topological polar surface area (TPSA) is 23.5 Å². The second-order valence-electron chi connectivity index (χ2n) is 3.62. The number of rotatable bonds is 0. The molecule has 2 aliphatic rings. The maximum atomic E-state index is 9.53. The van der Waals surface area contributed by atoms with Crippen LogP contribution in [0.3, 0.4) is 0 Å². The number of aliphatic hydroxyl groups is 1. The molecule has 3 atom stereocenters. The molecule has 2 aliphatic heterocycles. The molecule has 0 aromatic rings. The lowest BCUT2D eigenvalue weighted by atomic mass is 10.0. The molecular formula is C8H15NO. The van der Waals surface area contributed by atoms with Crippen LogP contribution in [0.15, 0.2) is 0 Å². The zero-order valence-electron chi connectivity index (χ0n) is 6.45. The first-order valence-electron chi connectivity index (χ1n) is 4.19. The molecule has 1 N–H and O–H groups in total. The molecule has 2 heterocycles. The van der Waals surface area contributed by atoms with E-state index in [1.165, 1.54) is 19.3 Å². The van der Waals surface area contributed by atoms with E-state index in [2.05, 4.69) is 11.9 Å². The van der Waals surface area contributed by atoms with Crippen molar-refractivity contribution in [3.63, 3.8) is 0 Å². The summed E-state index contributed by atoms with van der Waals surface area (Å²) in [7, 11) is 2.14. The highest BCUT2D eigenvalue weighted by molar-refractivity contribution is 4.95. The van der Waals surface area contributed by atoms with Gasteiger partial charge in [0.2, 0.25) is 0 Å². The van der Waals surface area contributed by atoms with Gasteiger partial charge in [0.25, 0.3) is 0 Å². The van der Waals surface area contributed by atoms with Crippen LogP contribution in [0, 0.1) is 0 Å². The summed E-state index contributed by atoms with van der Waals surface area (Å²) < 4.78 is 0. The molecule has 2 saturated heterocycles. The number of aliphatic hydroxyl groups excluding tert-OH is 1. The van der Waals surface area contributed by atoms with E-state index in [1.54, 1.807) is 0 Å². The van der Waals surface area contributed by atoms with Gasteiger partial charge in [0.1, 0.15) is 0 Å². The summed E-state index contributed by atoms with van der Waals surface area (Å²) in [5, 5.41) is 9.53. The number of likely N-dealkylation sites (N-methyl/N-ethyl adjacent to an activating group) is 1. The van der Waals surface area contributed by atoms with Crippen molar-refractivity contribution < 1.29 is 5.11 Å². The van der Waals surface area contributed by atoms with Crippen LogP contribution in [0.1, 0.15) is 25.7 Å². The Hall–Kier alpha value is -0.0800. The fourth-order valence-corrected chi connectivity index (χ4v) is 2.42. The normalized spacial score (nSPS) is 48.0. The van der Waals surface area contributed by atoms with Gasteiger partial charge in [-0.2, -0.15) is 0 Å². The van der Waals surface area contributed by atoms with Crippen molar-refractivity contribution in [3.8, 4) is 0 Å². The number of fused-ring (bicyclic) bond motifs is 2. The molecule has 0 aromatic carbocycles. The third-order valence-corrected chi connectivity index (χ3v) is 3.09. The van der Waals surface area contributed by atoms with Gasteiger partial charge in [-0.3, -0.25) is 4.90 Å². The quantitative estimate of drug-likeness (QED) is 0.534. The Balaban J connectivity index is 2.14. The minimum Gasteiger partial charge on any atom is -0.391 e. The molecule has 0 aromatic heterocycles. The molecule has 2 fully saturated rings. The van der Waals surface area contributed by atoms with Gasteiger partial charge in [-0.1, -0.05) is 6.42 Å². The zero-order chi connectivity index (χ0) is 7.14. The van der Waals surface area contributed by atoms with Gasteiger partial charge in [0.05, 0.1) is 6.10 Å². The van der Waals surface area contributed by atoms with E-state index >= 15 is 0 Å². The number of piperidine rings is 1. The molecule has 0 spiro atoms. The fourth-order valence-electron chi connectivity index (χ4n) is 2.42. The summed E-state index contributed by atoms with van der Waals surface area (Å²) in [4.78, 5) is 2.36. The highest BCUT2D eigenvalue weighted by Gasteiger charge is 2.40. The summed E-state index contributed by atoms with van der Waals surface area (Å²) in [6, 6.07) is 1.17. The van der Waals surface area contributed by atoms with Crippen LogP contribution in [-0.2, 0) is 0 Å². The van der Waals surface area contributed by atoms with Gasteiger partial charge in [-0.25, -0.2) is 0 Å². The predicted molar refractivity (Wildman–Crippen MR) is 39.8 cm³/mol. The maximum Gasteiger partial charge on any atom is 0.0710 e. The number of hydrogen-bond donors (Lipinski definition) is 1. The van der Waals surface area contributed by atoms with Crippen LogP contribution in [0.5, 0.6) is 0 Å². The van der Waals surface area contributed by atoms with Gasteiger partial charge in [0.15, 0.2) is 0 Å². The molecule has 2 heteroatoms.